The highest BCUT2D eigenvalue weighted by atomic mass is 32.2. The third-order valence-electron chi connectivity index (χ3n) is 3.23. The summed E-state index contributed by atoms with van der Waals surface area (Å²) < 4.78 is 31.8. The number of sulfonamides is 1. The van der Waals surface area contributed by atoms with Gasteiger partial charge in [0.2, 0.25) is 15.6 Å². The molecule has 0 saturated carbocycles. The maximum atomic E-state index is 12.7. The number of nitrogens with zero attached hydrogens (tertiary/aromatic N) is 1. The second-order valence-electron chi connectivity index (χ2n) is 4.47. The van der Waals surface area contributed by atoms with Crippen LogP contribution in [-0.4, -0.2) is 44.0 Å². The number of H-pyrrole nitrogens is 1. The number of nitrogens with one attached hydrogen (secondary N) is 1. The van der Waals surface area contributed by atoms with E-state index in [1.807, 2.05) is 13.8 Å². The maximum absolute atomic E-state index is 12.7. The van der Waals surface area contributed by atoms with Crippen molar-refractivity contribution in [2.24, 2.45) is 0 Å². The Morgan fingerprint density at radius 2 is 1.95 bits per heavy atom. The van der Waals surface area contributed by atoms with Crippen molar-refractivity contribution in [1.29, 1.82) is 0 Å². The SMILES string of the molecule is CCC(CC)N(CCOC)S(=O)(=O)c1ccc(=O)[nH]c1. The van der Waals surface area contributed by atoms with Crippen molar-refractivity contribution in [2.75, 3.05) is 20.3 Å². The minimum atomic E-state index is -3.63. The lowest BCUT2D eigenvalue weighted by Gasteiger charge is -2.29. The molecule has 114 valence electrons. The highest BCUT2D eigenvalue weighted by Crippen LogP contribution is 2.20. The van der Waals surface area contributed by atoms with Crippen LogP contribution in [0.3, 0.4) is 0 Å². The lowest BCUT2D eigenvalue weighted by molar-refractivity contribution is 0.163. The first-order valence-electron chi connectivity index (χ1n) is 6.66. The smallest absolute Gasteiger partial charge is 0.247 e. The molecule has 0 atom stereocenters. The molecule has 1 rings (SSSR count). The van der Waals surface area contributed by atoms with Crippen molar-refractivity contribution in [3.05, 3.63) is 28.7 Å². The van der Waals surface area contributed by atoms with E-state index in [0.717, 1.165) is 12.8 Å². The summed E-state index contributed by atoms with van der Waals surface area (Å²) in [5.74, 6) is 0. The summed E-state index contributed by atoms with van der Waals surface area (Å²) in [5.41, 5.74) is -0.324. The molecule has 0 aromatic carbocycles. The van der Waals surface area contributed by atoms with Crippen LogP contribution in [0.15, 0.2) is 28.0 Å². The average molecular weight is 302 g/mol. The summed E-state index contributed by atoms with van der Waals surface area (Å²) >= 11 is 0. The molecule has 7 heteroatoms. The molecule has 0 bridgehead atoms. The Hall–Kier alpha value is -1.18. The van der Waals surface area contributed by atoms with E-state index in [0.29, 0.717) is 13.2 Å². The van der Waals surface area contributed by atoms with Gasteiger partial charge in [0.1, 0.15) is 0 Å². The Bertz CT molecular complexity index is 543. The van der Waals surface area contributed by atoms with E-state index in [-0.39, 0.29) is 16.5 Å². The summed E-state index contributed by atoms with van der Waals surface area (Å²) in [4.78, 5) is 13.5. The van der Waals surface area contributed by atoms with Crippen LogP contribution in [0.4, 0.5) is 0 Å². The molecular formula is C13H22N2O4S. The van der Waals surface area contributed by atoms with Gasteiger partial charge in [-0.05, 0) is 18.9 Å². The van der Waals surface area contributed by atoms with Crippen molar-refractivity contribution >= 4 is 10.0 Å². The van der Waals surface area contributed by atoms with Crippen LogP contribution in [0, 0.1) is 0 Å². The van der Waals surface area contributed by atoms with Crippen LogP contribution < -0.4 is 5.56 Å². The summed E-state index contributed by atoms with van der Waals surface area (Å²) in [7, 11) is -2.09. The number of aromatic amines is 1. The number of hydrogen-bond donors (Lipinski definition) is 1. The number of rotatable bonds is 8. The lowest BCUT2D eigenvalue weighted by Crippen LogP contribution is -2.41. The summed E-state index contributed by atoms with van der Waals surface area (Å²) in [6.45, 7) is 4.54. The molecule has 20 heavy (non-hydrogen) atoms. The molecular weight excluding hydrogens is 280 g/mol. The zero-order chi connectivity index (χ0) is 15.2. The van der Waals surface area contributed by atoms with Crippen LogP contribution in [0.1, 0.15) is 26.7 Å². The lowest BCUT2D eigenvalue weighted by atomic mass is 10.2. The van der Waals surface area contributed by atoms with Crippen LogP contribution in [-0.2, 0) is 14.8 Å². The number of pyridine rings is 1. The van der Waals surface area contributed by atoms with Crippen molar-refractivity contribution < 1.29 is 13.2 Å². The summed E-state index contributed by atoms with van der Waals surface area (Å²) in [6.07, 6.45) is 2.69. The zero-order valence-corrected chi connectivity index (χ0v) is 12.9. The van der Waals surface area contributed by atoms with Gasteiger partial charge < -0.3 is 9.72 Å². The van der Waals surface area contributed by atoms with Crippen LogP contribution in [0.2, 0.25) is 0 Å². The molecule has 0 radical (unpaired) electrons. The Labute approximate surface area is 119 Å². The number of aromatic nitrogens is 1. The predicted molar refractivity (Wildman–Crippen MR) is 77.2 cm³/mol. The molecule has 0 aliphatic rings. The van der Waals surface area contributed by atoms with Gasteiger partial charge in [0.15, 0.2) is 0 Å². The van der Waals surface area contributed by atoms with Crippen LogP contribution in [0.25, 0.3) is 0 Å². The Balaban J connectivity index is 3.15. The fraction of sp³-hybridized carbons (Fsp3) is 0.615. The molecule has 0 aliphatic carbocycles. The number of ether oxygens (including phenoxy) is 1. The molecule has 6 nitrogen and oxygen atoms in total. The largest absolute Gasteiger partial charge is 0.383 e. The molecule has 0 saturated heterocycles. The third-order valence-corrected chi connectivity index (χ3v) is 5.18. The minimum Gasteiger partial charge on any atom is -0.383 e. The van der Waals surface area contributed by atoms with E-state index in [9.17, 15) is 13.2 Å². The molecule has 0 aliphatic heterocycles. The highest BCUT2D eigenvalue weighted by Gasteiger charge is 2.29. The molecule has 1 aromatic rings. The second kappa shape index (κ2) is 7.56. The van der Waals surface area contributed by atoms with Crippen molar-refractivity contribution in [3.63, 3.8) is 0 Å². The fourth-order valence-corrected chi connectivity index (χ4v) is 3.79. The Kier molecular flexibility index (Phi) is 6.38. The van der Waals surface area contributed by atoms with Crippen LogP contribution >= 0.6 is 0 Å². The van der Waals surface area contributed by atoms with Gasteiger partial charge in [-0.2, -0.15) is 4.31 Å². The summed E-state index contributed by atoms with van der Waals surface area (Å²) in [5, 5.41) is 0. The van der Waals surface area contributed by atoms with Crippen molar-refractivity contribution in [2.45, 2.75) is 37.6 Å². The fourth-order valence-electron chi connectivity index (χ4n) is 2.07. The van der Waals surface area contributed by atoms with Crippen molar-refractivity contribution in [3.8, 4) is 0 Å². The molecule has 1 heterocycles. The van der Waals surface area contributed by atoms with Gasteiger partial charge in [-0.3, -0.25) is 4.79 Å². The van der Waals surface area contributed by atoms with E-state index >= 15 is 0 Å². The molecule has 0 spiro atoms. The maximum Gasteiger partial charge on any atom is 0.247 e. The third kappa shape index (κ3) is 3.91. The zero-order valence-electron chi connectivity index (χ0n) is 12.1. The first-order valence-corrected chi connectivity index (χ1v) is 8.10. The standard InChI is InChI=1S/C13H22N2O4S/c1-4-11(5-2)15(8-9-19-3)20(17,18)12-6-7-13(16)14-10-12/h6-7,10-11H,4-5,8-9H2,1-3H3,(H,14,16). The van der Waals surface area contributed by atoms with E-state index < -0.39 is 10.0 Å². The quantitative estimate of drug-likeness (QED) is 0.782. The Morgan fingerprint density at radius 3 is 2.40 bits per heavy atom. The normalized spacial score (nSPS) is 12.2. The average Bonchev–Trinajstić information content (AvgIpc) is 2.43. The monoisotopic (exact) mass is 302 g/mol. The highest BCUT2D eigenvalue weighted by molar-refractivity contribution is 7.89. The minimum absolute atomic E-state index is 0.0814. The van der Waals surface area contributed by atoms with Gasteiger partial charge in [0.05, 0.1) is 11.5 Å². The predicted octanol–water partition coefficient (Wildman–Crippen LogP) is 1.20. The number of hydrogen-bond acceptors (Lipinski definition) is 4. The van der Waals surface area contributed by atoms with Gasteiger partial charge >= 0.3 is 0 Å². The van der Waals surface area contributed by atoms with Crippen molar-refractivity contribution in [1.82, 2.24) is 9.29 Å². The Morgan fingerprint density at radius 1 is 1.30 bits per heavy atom. The van der Waals surface area contributed by atoms with E-state index in [1.165, 1.54) is 29.7 Å². The van der Waals surface area contributed by atoms with E-state index in [2.05, 4.69) is 4.98 Å². The summed E-state index contributed by atoms with van der Waals surface area (Å²) in [6, 6.07) is 2.46. The topological polar surface area (TPSA) is 79.5 Å². The van der Waals surface area contributed by atoms with Gasteiger partial charge in [-0.25, -0.2) is 8.42 Å². The molecule has 0 fully saturated rings. The molecule has 1 N–H and O–H groups in total. The molecule has 0 unspecified atom stereocenters. The first kappa shape index (κ1) is 16.9. The second-order valence-corrected chi connectivity index (χ2v) is 6.36. The van der Waals surface area contributed by atoms with E-state index in [4.69, 9.17) is 4.74 Å². The van der Waals surface area contributed by atoms with Crippen LogP contribution in [0.5, 0.6) is 0 Å². The number of methoxy groups -OCH3 is 1. The molecule has 0 amide bonds. The molecule has 1 aromatic heterocycles. The van der Waals surface area contributed by atoms with Gasteiger partial charge in [-0.1, -0.05) is 13.8 Å². The first-order chi connectivity index (χ1) is 9.47. The van der Waals surface area contributed by atoms with Gasteiger partial charge in [0.25, 0.3) is 0 Å². The van der Waals surface area contributed by atoms with Gasteiger partial charge in [-0.15, -0.1) is 0 Å². The van der Waals surface area contributed by atoms with Gasteiger partial charge in [0, 0.05) is 32.0 Å². The van der Waals surface area contributed by atoms with E-state index in [1.54, 1.807) is 0 Å².